The summed E-state index contributed by atoms with van der Waals surface area (Å²) >= 11 is 0. The van der Waals surface area contributed by atoms with Gasteiger partial charge in [0.25, 0.3) is 11.7 Å². The molecule has 3 aromatic rings. The molecule has 1 fully saturated rings. The van der Waals surface area contributed by atoms with Crippen LogP contribution in [-0.4, -0.2) is 49.1 Å². The number of ketones is 1. The number of rotatable bonds is 6. The van der Waals surface area contributed by atoms with Crippen molar-refractivity contribution in [3.05, 3.63) is 89.0 Å². The maximum atomic E-state index is 13.3. The minimum absolute atomic E-state index is 0.0140. The normalized spacial score (nSPS) is 18.3. The molecule has 2 heterocycles. The van der Waals surface area contributed by atoms with Gasteiger partial charge in [-0.25, -0.2) is 0 Å². The highest BCUT2D eigenvalue weighted by molar-refractivity contribution is 6.46. The molecule has 1 atom stereocenters. The molecule has 0 radical (unpaired) electrons. The van der Waals surface area contributed by atoms with Crippen LogP contribution in [0.1, 0.15) is 22.7 Å². The first-order valence-corrected chi connectivity index (χ1v) is 11.5. The van der Waals surface area contributed by atoms with Gasteiger partial charge in [0.05, 0.1) is 25.8 Å². The number of fused-ring (bicyclic) bond motifs is 1. The zero-order chi connectivity index (χ0) is 25.2. The number of benzene rings is 3. The predicted molar refractivity (Wildman–Crippen MR) is 131 cm³/mol. The largest absolute Gasteiger partial charge is 0.507 e. The zero-order valence-corrected chi connectivity index (χ0v) is 19.9. The van der Waals surface area contributed by atoms with Gasteiger partial charge in [-0.2, -0.15) is 0 Å². The van der Waals surface area contributed by atoms with Crippen molar-refractivity contribution in [2.75, 3.05) is 27.4 Å². The van der Waals surface area contributed by atoms with Crippen LogP contribution in [0, 0.1) is 0 Å². The summed E-state index contributed by atoms with van der Waals surface area (Å²) in [7, 11) is 3.04. The Kier molecular flexibility index (Phi) is 6.25. The quantitative estimate of drug-likeness (QED) is 0.318. The first kappa shape index (κ1) is 23.3. The van der Waals surface area contributed by atoms with Gasteiger partial charge in [-0.05, 0) is 41.5 Å². The average Bonchev–Trinajstić information content (AvgIpc) is 3.17. The maximum Gasteiger partial charge on any atom is 0.295 e. The van der Waals surface area contributed by atoms with Gasteiger partial charge < -0.3 is 29.0 Å². The van der Waals surface area contributed by atoms with Gasteiger partial charge in [0.2, 0.25) is 0 Å². The summed E-state index contributed by atoms with van der Waals surface area (Å²) in [5, 5.41) is 11.4. The van der Waals surface area contributed by atoms with Crippen molar-refractivity contribution in [2.24, 2.45) is 0 Å². The van der Waals surface area contributed by atoms with Crippen LogP contribution in [-0.2, 0) is 16.1 Å². The maximum absolute atomic E-state index is 13.3. The van der Waals surface area contributed by atoms with Crippen LogP contribution in [0.3, 0.4) is 0 Å². The number of aliphatic hydroxyl groups is 1. The summed E-state index contributed by atoms with van der Waals surface area (Å²) in [4.78, 5) is 28.1. The van der Waals surface area contributed by atoms with Crippen molar-refractivity contribution in [2.45, 2.75) is 12.6 Å². The molecule has 8 nitrogen and oxygen atoms in total. The SMILES string of the molecule is COc1ccc([C@@H]2/C(=C(\O)c3ccc4c(c3)OCCO4)C(=O)C(=O)N2Cc2ccccc2)cc1OC. The second kappa shape index (κ2) is 9.65. The summed E-state index contributed by atoms with van der Waals surface area (Å²) < 4.78 is 22.0. The number of hydrogen-bond donors (Lipinski definition) is 1. The standard InChI is InChI=1S/C28H25NO7/c1-33-20-10-8-18(14-22(20)34-2)25-24(26(30)19-9-11-21-23(15-19)36-13-12-35-21)27(31)28(32)29(25)16-17-6-4-3-5-7-17/h3-11,14-15,25,30H,12-13,16H2,1-2H3/b26-24+/t25-/m1/s1. The van der Waals surface area contributed by atoms with Crippen molar-refractivity contribution < 1.29 is 33.6 Å². The highest BCUT2D eigenvalue weighted by Crippen LogP contribution is 2.43. The summed E-state index contributed by atoms with van der Waals surface area (Å²) in [5.74, 6) is 0.217. The van der Waals surface area contributed by atoms with E-state index < -0.39 is 17.7 Å². The lowest BCUT2D eigenvalue weighted by Crippen LogP contribution is -2.29. The van der Waals surface area contributed by atoms with Crippen LogP contribution in [0.4, 0.5) is 0 Å². The van der Waals surface area contributed by atoms with Crippen LogP contribution < -0.4 is 18.9 Å². The Morgan fingerprint density at radius 2 is 1.64 bits per heavy atom. The molecule has 8 heteroatoms. The van der Waals surface area contributed by atoms with Crippen molar-refractivity contribution in [3.8, 4) is 23.0 Å². The van der Waals surface area contributed by atoms with E-state index in [1.165, 1.54) is 19.1 Å². The number of Topliss-reactive ketones (excluding diaryl/α,β-unsaturated/α-hetero) is 1. The smallest absolute Gasteiger partial charge is 0.295 e. The molecule has 1 amide bonds. The molecule has 5 rings (SSSR count). The first-order chi connectivity index (χ1) is 17.5. The molecule has 2 aliphatic heterocycles. The lowest BCUT2D eigenvalue weighted by molar-refractivity contribution is -0.140. The second-order valence-corrected chi connectivity index (χ2v) is 8.39. The zero-order valence-electron chi connectivity index (χ0n) is 19.9. The summed E-state index contributed by atoms with van der Waals surface area (Å²) in [6.45, 7) is 0.995. The van der Waals surface area contributed by atoms with Crippen molar-refractivity contribution >= 4 is 17.4 Å². The second-order valence-electron chi connectivity index (χ2n) is 8.39. The molecule has 36 heavy (non-hydrogen) atoms. The van der Waals surface area contributed by atoms with E-state index in [2.05, 4.69) is 0 Å². The number of carbonyl (C=O) groups excluding carboxylic acids is 2. The van der Waals surface area contributed by atoms with Gasteiger partial charge in [-0.1, -0.05) is 36.4 Å². The van der Waals surface area contributed by atoms with Crippen LogP contribution in [0.5, 0.6) is 23.0 Å². The Morgan fingerprint density at radius 1 is 0.917 bits per heavy atom. The average molecular weight is 488 g/mol. The van der Waals surface area contributed by atoms with Gasteiger partial charge in [-0.3, -0.25) is 9.59 Å². The molecule has 184 valence electrons. The summed E-state index contributed by atoms with van der Waals surface area (Å²) in [6, 6.07) is 18.6. The molecule has 0 spiro atoms. The van der Waals surface area contributed by atoms with Crippen molar-refractivity contribution in [3.63, 3.8) is 0 Å². The third kappa shape index (κ3) is 4.11. The van der Waals surface area contributed by atoms with Crippen LogP contribution in [0.25, 0.3) is 5.76 Å². The minimum Gasteiger partial charge on any atom is -0.507 e. The Labute approximate surface area is 208 Å². The number of amides is 1. The number of aliphatic hydroxyl groups excluding tert-OH is 1. The highest BCUT2D eigenvalue weighted by Gasteiger charge is 2.46. The van der Waals surface area contributed by atoms with Gasteiger partial charge in [-0.15, -0.1) is 0 Å². The number of methoxy groups -OCH3 is 2. The number of hydrogen-bond acceptors (Lipinski definition) is 7. The van der Waals surface area contributed by atoms with E-state index in [0.717, 1.165) is 5.56 Å². The fourth-order valence-electron chi connectivity index (χ4n) is 4.54. The van der Waals surface area contributed by atoms with Crippen LogP contribution >= 0.6 is 0 Å². The molecule has 1 saturated heterocycles. The van der Waals surface area contributed by atoms with E-state index in [1.54, 1.807) is 36.4 Å². The lowest BCUT2D eigenvalue weighted by Gasteiger charge is -2.26. The van der Waals surface area contributed by atoms with Crippen molar-refractivity contribution in [1.82, 2.24) is 4.90 Å². The van der Waals surface area contributed by atoms with E-state index in [1.807, 2.05) is 30.3 Å². The number of likely N-dealkylation sites (tertiary alicyclic amines) is 1. The Bertz CT molecular complexity index is 1350. The lowest BCUT2D eigenvalue weighted by atomic mass is 9.94. The Hall–Kier alpha value is -4.46. The van der Waals surface area contributed by atoms with Gasteiger partial charge >= 0.3 is 0 Å². The molecule has 2 aliphatic rings. The molecular weight excluding hydrogens is 462 g/mol. The van der Waals surface area contributed by atoms with Gasteiger partial charge in [0, 0.05) is 12.1 Å². The highest BCUT2D eigenvalue weighted by atomic mass is 16.6. The molecule has 3 aromatic carbocycles. The number of nitrogens with zero attached hydrogens (tertiary/aromatic N) is 1. The fourth-order valence-corrected chi connectivity index (χ4v) is 4.54. The number of carbonyl (C=O) groups is 2. The molecule has 0 aromatic heterocycles. The summed E-state index contributed by atoms with van der Waals surface area (Å²) in [5.41, 5.74) is 1.79. The third-order valence-electron chi connectivity index (χ3n) is 6.27. The minimum atomic E-state index is -0.849. The molecule has 1 N–H and O–H groups in total. The van der Waals surface area contributed by atoms with Crippen LogP contribution in [0.2, 0.25) is 0 Å². The first-order valence-electron chi connectivity index (χ1n) is 11.5. The molecule has 0 saturated carbocycles. The number of ether oxygens (including phenoxy) is 4. The van der Waals surface area contributed by atoms with E-state index in [4.69, 9.17) is 18.9 Å². The van der Waals surface area contributed by atoms with E-state index in [0.29, 0.717) is 47.3 Å². The van der Waals surface area contributed by atoms with E-state index in [9.17, 15) is 14.7 Å². The fraction of sp³-hybridized carbons (Fsp3) is 0.214. The molecule has 0 unspecified atom stereocenters. The summed E-state index contributed by atoms with van der Waals surface area (Å²) in [6.07, 6.45) is 0. The molecule has 0 bridgehead atoms. The Morgan fingerprint density at radius 3 is 2.36 bits per heavy atom. The Balaban J connectivity index is 1.65. The molecule has 0 aliphatic carbocycles. The van der Waals surface area contributed by atoms with E-state index in [-0.39, 0.29) is 17.9 Å². The van der Waals surface area contributed by atoms with Gasteiger partial charge in [0.1, 0.15) is 19.0 Å². The molecular formula is C28H25NO7. The third-order valence-corrected chi connectivity index (χ3v) is 6.27. The monoisotopic (exact) mass is 487 g/mol. The van der Waals surface area contributed by atoms with Crippen LogP contribution in [0.15, 0.2) is 72.3 Å². The van der Waals surface area contributed by atoms with E-state index >= 15 is 0 Å². The predicted octanol–water partition coefficient (Wildman–Crippen LogP) is 4.10. The van der Waals surface area contributed by atoms with Crippen molar-refractivity contribution in [1.29, 1.82) is 0 Å². The van der Waals surface area contributed by atoms with Gasteiger partial charge in [0.15, 0.2) is 23.0 Å². The topological polar surface area (TPSA) is 94.5 Å².